The lowest BCUT2D eigenvalue weighted by Crippen LogP contribution is -2.37. The van der Waals surface area contributed by atoms with Crippen LogP contribution in [-0.4, -0.2) is 48.2 Å². The lowest BCUT2D eigenvalue weighted by atomic mass is 9.87. The van der Waals surface area contributed by atoms with Crippen molar-refractivity contribution in [3.63, 3.8) is 0 Å². The van der Waals surface area contributed by atoms with Crippen LogP contribution in [0.25, 0.3) is 0 Å². The molecule has 0 aromatic rings. The van der Waals surface area contributed by atoms with Gasteiger partial charge in [-0.2, -0.15) is 0 Å². The summed E-state index contributed by atoms with van der Waals surface area (Å²) in [7, 11) is 0. The molecule has 0 saturated heterocycles. The number of rotatable bonds is 7. The Morgan fingerprint density at radius 3 is 1.92 bits per heavy atom. The third-order valence-electron chi connectivity index (χ3n) is 2.09. The third-order valence-corrected chi connectivity index (χ3v) is 2.09. The molecule has 0 aliphatic carbocycles. The molecular weight excluding hydrogens is 158 g/mol. The highest BCUT2D eigenvalue weighted by Crippen LogP contribution is 2.18. The molecule has 4 N–H and O–H groups in total. The number of hydrogen-bond acceptors (Lipinski definition) is 4. The fourth-order valence-electron chi connectivity index (χ4n) is 0.918. The van der Waals surface area contributed by atoms with Crippen molar-refractivity contribution in [2.24, 2.45) is 5.41 Å². The maximum atomic E-state index is 8.93. The summed E-state index contributed by atoms with van der Waals surface area (Å²) in [6.07, 6.45) is 0.588. The Hall–Kier alpha value is -0.160. The van der Waals surface area contributed by atoms with Crippen molar-refractivity contribution in [3.05, 3.63) is 0 Å². The van der Waals surface area contributed by atoms with Crippen LogP contribution in [0.4, 0.5) is 0 Å². The van der Waals surface area contributed by atoms with E-state index in [1.54, 1.807) is 0 Å². The summed E-state index contributed by atoms with van der Waals surface area (Å²) in [6.45, 7) is 3.03. The molecule has 0 radical (unpaired) electrons. The van der Waals surface area contributed by atoms with E-state index in [0.717, 1.165) is 6.54 Å². The average Bonchev–Trinajstić information content (AvgIpc) is 2.14. The van der Waals surface area contributed by atoms with E-state index in [-0.39, 0.29) is 19.8 Å². The van der Waals surface area contributed by atoms with Gasteiger partial charge in [-0.15, -0.1) is 0 Å². The molecule has 0 heterocycles. The molecule has 0 spiro atoms. The SMILES string of the molecule is CCNCCC(CO)(CO)CO. The molecule has 0 bridgehead atoms. The van der Waals surface area contributed by atoms with Crippen molar-refractivity contribution in [1.29, 1.82) is 0 Å². The molecule has 0 rings (SSSR count). The topological polar surface area (TPSA) is 72.7 Å². The monoisotopic (exact) mass is 177 g/mol. The van der Waals surface area contributed by atoms with E-state index in [0.29, 0.717) is 13.0 Å². The van der Waals surface area contributed by atoms with Crippen LogP contribution < -0.4 is 5.32 Å². The predicted molar refractivity (Wildman–Crippen MR) is 46.9 cm³/mol. The van der Waals surface area contributed by atoms with Gasteiger partial charge in [-0.1, -0.05) is 6.92 Å². The molecule has 0 aromatic carbocycles. The maximum Gasteiger partial charge on any atom is 0.0532 e. The molecular formula is C8H19NO3. The van der Waals surface area contributed by atoms with Crippen LogP contribution in [0, 0.1) is 5.41 Å². The standard InChI is InChI=1S/C8H19NO3/c1-2-9-4-3-8(5-10,6-11)7-12/h9-12H,2-7H2,1H3. The number of aliphatic hydroxyl groups excluding tert-OH is 3. The van der Waals surface area contributed by atoms with Gasteiger partial charge in [0.25, 0.3) is 0 Å². The van der Waals surface area contributed by atoms with Crippen LogP contribution in [0.15, 0.2) is 0 Å². The van der Waals surface area contributed by atoms with Gasteiger partial charge in [0.15, 0.2) is 0 Å². The first-order valence-electron chi connectivity index (χ1n) is 4.28. The van der Waals surface area contributed by atoms with Crippen LogP contribution in [0.2, 0.25) is 0 Å². The van der Waals surface area contributed by atoms with Gasteiger partial charge in [-0.3, -0.25) is 0 Å². The fourth-order valence-corrected chi connectivity index (χ4v) is 0.918. The highest BCUT2D eigenvalue weighted by Gasteiger charge is 2.26. The Bertz CT molecular complexity index is 96.2. The van der Waals surface area contributed by atoms with E-state index in [2.05, 4.69) is 5.32 Å². The minimum absolute atomic E-state index is 0.175. The molecule has 0 atom stereocenters. The van der Waals surface area contributed by atoms with Crippen molar-refractivity contribution in [2.75, 3.05) is 32.9 Å². The molecule has 0 saturated carbocycles. The lowest BCUT2D eigenvalue weighted by Gasteiger charge is -2.27. The van der Waals surface area contributed by atoms with E-state index in [1.165, 1.54) is 0 Å². The Balaban J connectivity index is 3.76. The van der Waals surface area contributed by atoms with Crippen molar-refractivity contribution in [3.8, 4) is 0 Å². The first-order chi connectivity index (χ1) is 5.74. The van der Waals surface area contributed by atoms with Crippen LogP contribution >= 0.6 is 0 Å². The third kappa shape index (κ3) is 3.49. The van der Waals surface area contributed by atoms with Gasteiger partial charge >= 0.3 is 0 Å². The van der Waals surface area contributed by atoms with E-state index in [9.17, 15) is 0 Å². The predicted octanol–water partition coefficient (Wildman–Crippen LogP) is -1.05. The molecule has 74 valence electrons. The van der Waals surface area contributed by atoms with E-state index >= 15 is 0 Å². The smallest absolute Gasteiger partial charge is 0.0532 e. The molecule has 0 aliphatic heterocycles. The summed E-state index contributed by atoms with van der Waals surface area (Å²) in [5.41, 5.74) is -0.720. The number of aliphatic hydroxyl groups is 3. The normalized spacial score (nSPS) is 12.0. The van der Waals surface area contributed by atoms with Gasteiger partial charge in [0.2, 0.25) is 0 Å². The second-order valence-electron chi connectivity index (χ2n) is 3.08. The summed E-state index contributed by atoms with van der Waals surface area (Å²) in [6, 6.07) is 0. The Morgan fingerprint density at radius 2 is 1.58 bits per heavy atom. The van der Waals surface area contributed by atoms with Crippen molar-refractivity contribution in [2.45, 2.75) is 13.3 Å². The number of nitrogens with one attached hydrogen (secondary N) is 1. The van der Waals surface area contributed by atoms with Gasteiger partial charge < -0.3 is 20.6 Å². The summed E-state index contributed by atoms with van der Waals surface area (Å²) in [4.78, 5) is 0. The highest BCUT2D eigenvalue weighted by molar-refractivity contribution is 4.77. The number of hydrogen-bond donors (Lipinski definition) is 4. The Labute approximate surface area is 73.2 Å². The first kappa shape index (κ1) is 11.8. The van der Waals surface area contributed by atoms with Gasteiger partial charge in [0.1, 0.15) is 0 Å². The fraction of sp³-hybridized carbons (Fsp3) is 1.00. The molecule has 0 amide bonds. The minimum atomic E-state index is -0.720. The van der Waals surface area contributed by atoms with Gasteiger partial charge in [0.05, 0.1) is 19.8 Å². The van der Waals surface area contributed by atoms with Crippen LogP contribution in [0.5, 0.6) is 0 Å². The molecule has 4 heteroatoms. The van der Waals surface area contributed by atoms with Crippen LogP contribution in [0.3, 0.4) is 0 Å². The first-order valence-corrected chi connectivity index (χ1v) is 4.28. The molecule has 0 unspecified atom stereocenters. The van der Waals surface area contributed by atoms with Crippen molar-refractivity contribution in [1.82, 2.24) is 5.32 Å². The summed E-state index contributed by atoms with van der Waals surface area (Å²) >= 11 is 0. The zero-order valence-electron chi connectivity index (χ0n) is 7.58. The Morgan fingerprint density at radius 1 is 1.08 bits per heavy atom. The molecule has 0 fully saturated rings. The largest absolute Gasteiger partial charge is 0.396 e. The second-order valence-corrected chi connectivity index (χ2v) is 3.08. The van der Waals surface area contributed by atoms with E-state index in [4.69, 9.17) is 15.3 Å². The van der Waals surface area contributed by atoms with Crippen molar-refractivity contribution >= 4 is 0 Å². The highest BCUT2D eigenvalue weighted by atomic mass is 16.3. The van der Waals surface area contributed by atoms with Crippen molar-refractivity contribution < 1.29 is 15.3 Å². The summed E-state index contributed by atoms with van der Waals surface area (Å²) in [5, 5.41) is 29.9. The quantitative estimate of drug-likeness (QED) is 0.374. The summed E-state index contributed by atoms with van der Waals surface area (Å²) < 4.78 is 0. The molecule has 12 heavy (non-hydrogen) atoms. The average molecular weight is 177 g/mol. The van der Waals surface area contributed by atoms with Gasteiger partial charge in [-0.25, -0.2) is 0 Å². The van der Waals surface area contributed by atoms with Gasteiger partial charge in [0, 0.05) is 5.41 Å². The molecule has 4 nitrogen and oxygen atoms in total. The minimum Gasteiger partial charge on any atom is -0.396 e. The zero-order chi connectivity index (χ0) is 9.45. The van der Waals surface area contributed by atoms with E-state index in [1.807, 2.05) is 6.92 Å². The van der Waals surface area contributed by atoms with Crippen LogP contribution in [0.1, 0.15) is 13.3 Å². The Kier molecular flexibility index (Phi) is 6.28. The molecule has 0 aliphatic rings. The maximum absolute atomic E-state index is 8.93. The van der Waals surface area contributed by atoms with Gasteiger partial charge in [-0.05, 0) is 19.5 Å². The van der Waals surface area contributed by atoms with Crippen LogP contribution in [-0.2, 0) is 0 Å². The lowest BCUT2D eigenvalue weighted by molar-refractivity contribution is -0.0000867. The van der Waals surface area contributed by atoms with E-state index < -0.39 is 5.41 Å². The zero-order valence-corrected chi connectivity index (χ0v) is 7.58. The molecule has 0 aromatic heterocycles. The summed E-state index contributed by atoms with van der Waals surface area (Å²) in [5.74, 6) is 0. The second kappa shape index (κ2) is 6.37.